The number of carbonyl (C=O) groups excluding carboxylic acids is 3. The summed E-state index contributed by atoms with van der Waals surface area (Å²) >= 11 is 0. The van der Waals surface area contributed by atoms with Gasteiger partial charge in [0.05, 0.1) is 6.61 Å². The molecule has 130 valence electrons. The summed E-state index contributed by atoms with van der Waals surface area (Å²) in [7, 11) is 0. The zero-order valence-electron chi connectivity index (χ0n) is 14.0. The number of nitrogens with one attached hydrogen (secondary N) is 2. The van der Waals surface area contributed by atoms with E-state index in [2.05, 4.69) is 10.6 Å². The van der Waals surface area contributed by atoms with Crippen molar-refractivity contribution < 1.29 is 23.9 Å². The second-order valence-electron chi connectivity index (χ2n) is 6.53. The molecule has 1 aromatic rings. The van der Waals surface area contributed by atoms with Crippen LogP contribution in [-0.2, 0) is 20.8 Å². The van der Waals surface area contributed by atoms with E-state index in [-0.39, 0.29) is 5.91 Å². The molecule has 1 aromatic carbocycles. The van der Waals surface area contributed by atoms with E-state index in [9.17, 15) is 14.4 Å². The third-order valence-electron chi connectivity index (χ3n) is 3.29. The largest absolute Gasteiger partial charge is 0.464 e. The second kappa shape index (κ2) is 7.33. The van der Waals surface area contributed by atoms with Gasteiger partial charge in [-0.25, -0.2) is 9.59 Å². The molecule has 1 aliphatic rings. The number of alkyl carbamates (subject to hydrolysis) is 1. The summed E-state index contributed by atoms with van der Waals surface area (Å²) < 4.78 is 9.95. The van der Waals surface area contributed by atoms with E-state index in [0.717, 1.165) is 5.56 Å². The predicted molar refractivity (Wildman–Crippen MR) is 86.3 cm³/mol. The molecule has 0 aliphatic carbocycles. The van der Waals surface area contributed by atoms with Gasteiger partial charge in [-0.15, -0.1) is 0 Å². The second-order valence-corrected chi connectivity index (χ2v) is 6.53. The number of hydrogen-bond donors (Lipinski definition) is 2. The van der Waals surface area contributed by atoms with Gasteiger partial charge in [0.15, 0.2) is 0 Å². The summed E-state index contributed by atoms with van der Waals surface area (Å²) in [5.74, 6) is -0.730. The Morgan fingerprint density at radius 1 is 1.25 bits per heavy atom. The lowest BCUT2D eigenvalue weighted by molar-refractivity contribution is -0.139. The van der Waals surface area contributed by atoms with Gasteiger partial charge in [-0.1, -0.05) is 12.1 Å². The van der Waals surface area contributed by atoms with Crippen molar-refractivity contribution in [3.8, 4) is 0 Å². The summed E-state index contributed by atoms with van der Waals surface area (Å²) in [4.78, 5) is 35.0. The minimum atomic E-state index is -0.578. The number of rotatable bonds is 4. The van der Waals surface area contributed by atoms with E-state index in [1.165, 1.54) is 0 Å². The van der Waals surface area contributed by atoms with E-state index >= 15 is 0 Å². The fourth-order valence-electron chi connectivity index (χ4n) is 2.13. The highest BCUT2D eigenvalue weighted by Crippen LogP contribution is 2.10. The summed E-state index contributed by atoms with van der Waals surface area (Å²) in [5.41, 5.74) is 0.723. The van der Waals surface area contributed by atoms with Crippen LogP contribution in [0.3, 0.4) is 0 Å². The van der Waals surface area contributed by atoms with E-state index in [1.54, 1.807) is 45.0 Å². The molecule has 2 amide bonds. The van der Waals surface area contributed by atoms with E-state index in [1.807, 2.05) is 0 Å². The van der Waals surface area contributed by atoms with Gasteiger partial charge in [-0.05, 0) is 38.5 Å². The van der Waals surface area contributed by atoms with Crippen LogP contribution >= 0.6 is 0 Å². The van der Waals surface area contributed by atoms with Gasteiger partial charge in [0, 0.05) is 18.5 Å². The van der Waals surface area contributed by atoms with Crippen LogP contribution in [0.4, 0.5) is 4.79 Å². The lowest BCUT2D eigenvalue weighted by atomic mass is 10.1. The molecule has 1 saturated heterocycles. The number of ether oxygens (including phenoxy) is 2. The molecule has 0 bridgehead atoms. The van der Waals surface area contributed by atoms with E-state index in [0.29, 0.717) is 25.1 Å². The molecule has 0 aromatic heterocycles. The molecule has 1 heterocycles. The maximum Gasteiger partial charge on any atom is 0.407 e. The van der Waals surface area contributed by atoms with Crippen molar-refractivity contribution in [1.82, 2.24) is 10.6 Å². The van der Waals surface area contributed by atoms with Crippen LogP contribution in [0.25, 0.3) is 0 Å². The molecule has 24 heavy (non-hydrogen) atoms. The Morgan fingerprint density at radius 3 is 2.46 bits per heavy atom. The molecule has 1 atom stereocenters. The van der Waals surface area contributed by atoms with Crippen molar-refractivity contribution >= 4 is 18.0 Å². The average Bonchev–Trinajstić information content (AvgIpc) is 2.89. The monoisotopic (exact) mass is 334 g/mol. The number of amides is 2. The van der Waals surface area contributed by atoms with Gasteiger partial charge in [0.1, 0.15) is 11.6 Å². The van der Waals surface area contributed by atoms with Crippen molar-refractivity contribution in [3.63, 3.8) is 0 Å². The highest BCUT2D eigenvalue weighted by atomic mass is 16.6. The van der Waals surface area contributed by atoms with Gasteiger partial charge in [0.2, 0.25) is 0 Å². The first-order chi connectivity index (χ1) is 11.2. The van der Waals surface area contributed by atoms with Gasteiger partial charge >= 0.3 is 12.1 Å². The standard InChI is InChI=1S/C17H22N2O5/c1-17(2,3)24-16(22)18-10-11-4-6-12(7-5-11)14(20)19-13-8-9-23-15(13)21/h4-7,13H,8-10H2,1-3H3,(H,18,22)(H,19,20)/t13-/m1/s1. The minimum absolute atomic E-state index is 0.297. The third kappa shape index (κ3) is 5.26. The van der Waals surface area contributed by atoms with E-state index < -0.39 is 23.7 Å². The van der Waals surface area contributed by atoms with Crippen LogP contribution < -0.4 is 10.6 Å². The van der Waals surface area contributed by atoms with Crippen LogP contribution in [0.15, 0.2) is 24.3 Å². The lowest BCUT2D eigenvalue weighted by Gasteiger charge is -2.19. The molecule has 0 radical (unpaired) electrons. The SMILES string of the molecule is CC(C)(C)OC(=O)NCc1ccc(C(=O)N[C@@H]2CCOC2=O)cc1. The molecule has 0 unspecified atom stereocenters. The van der Waals surface area contributed by atoms with Gasteiger partial charge in [-0.3, -0.25) is 4.79 Å². The van der Waals surface area contributed by atoms with Gasteiger partial charge in [-0.2, -0.15) is 0 Å². The Bertz CT molecular complexity index is 619. The van der Waals surface area contributed by atoms with Crippen molar-refractivity contribution in [2.45, 2.75) is 45.4 Å². The quantitative estimate of drug-likeness (QED) is 0.818. The molecular weight excluding hydrogens is 312 g/mol. The number of cyclic esters (lactones) is 1. The Labute approximate surface area is 140 Å². The molecule has 0 spiro atoms. The zero-order chi connectivity index (χ0) is 17.7. The summed E-state index contributed by atoms with van der Waals surface area (Å²) in [5, 5.41) is 5.28. The summed E-state index contributed by atoms with van der Waals surface area (Å²) in [6.45, 7) is 6.01. The van der Waals surface area contributed by atoms with Crippen molar-refractivity contribution in [2.24, 2.45) is 0 Å². The molecule has 1 aliphatic heterocycles. The average molecular weight is 334 g/mol. The Hall–Kier alpha value is -2.57. The zero-order valence-corrected chi connectivity index (χ0v) is 14.0. The molecule has 2 N–H and O–H groups in total. The lowest BCUT2D eigenvalue weighted by Crippen LogP contribution is -2.37. The molecular formula is C17H22N2O5. The van der Waals surface area contributed by atoms with Gasteiger partial charge in [0.25, 0.3) is 5.91 Å². The fourth-order valence-corrected chi connectivity index (χ4v) is 2.13. The topological polar surface area (TPSA) is 93.7 Å². The Morgan fingerprint density at radius 2 is 1.92 bits per heavy atom. The molecule has 1 fully saturated rings. The normalized spacial score (nSPS) is 17.1. The third-order valence-corrected chi connectivity index (χ3v) is 3.29. The number of carbonyl (C=O) groups is 3. The van der Waals surface area contributed by atoms with Crippen LogP contribution in [-0.4, -0.2) is 36.2 Å². The van der Waals surface area contributed by atoms with E-state index in [4.69, 9.17) is 9.47 Å². The molecule has 2 rings (SSSR count). The predicted octanol–water partition coefficient (Wildman–Crippen LogP) is 1.76. The molecule has 0 saturated carbocycles. The first kappa shape index (κ1) is 17.8. The van der Waals surface area contributed by atoms with Gasteiger partial charge < -0.3 is 20.1 Å². The van der Waals surface area contributed by atoms with Crippen LogP contribution in [0, 0.1) is 0 Å². The fraction of sp³-hybridized carbons (Fsp3) is 0.471. The van der Waals surface area contributed by atoms with Crippen molar-refractivity contribution in [2.75, 3.05) is 6.61 Å². The number of esters is 1. The maximum atomic E-state index is 12.1. The maximum absolute atomic E-state index is 12.1. The Kier molecular flexibility index (Phi) is 5.43. The summed E-state index contributed by atoms with van der Waals surface area (Å²) in [6.07, 6.45) is -0.00768. The highest BCUT2D eigenvalue weighted by molar-refractivity contribution is 5.97. The first-order valence-electron chi connectivity index (χ1n) is 7.78. The number of benzene rings is 1. The van der Waals surface area contributed by atoms with Crippen LogP contribution in [0.1, 0.15) is 43.1 Å². The first-order valence-corrected chi connectivity index (χ1v) is 7.78. The highest BCUT2D eigenvalue weighted by Gasteiger charge is 2.28. The van der Waals surface area contributed by atoms with Crippen LogP contribution in [0.5, 0.6) is 0 Å². The Balaban J connectivity index is 1.85. The van der Waals surface area contributed by atoms with Crippen LogP contribution in [0.2, 0.25) is 0 Å². The minimum Gasteiger partial charge on any atom is -0.464 e. The number of hydrogen-bond acceptors (Lipinski definition) is 5. The molecule has 7 nitrogen and oxygen atoms in total. The van der Waals surface area contributed by atoms with Crippen molar-refractivity contribution in [1.29, 1.82) is 0 Å². The summed E-state index contributed by atoms with van der Waals surface area (Å²) in [6, 6.07) is 6.17. The molecule has 7 heteroatoms. The van der Waals surface area contributed by atoms with Crippen molar-refractivity contribution in [3.05, 3.63) is 35.4 Å². The smallest absolute Gasteiger partial charge is 0.407 e.